The van der Waals surface area contributed by atoms with Crippen LogP contribution >= 0.6 is 15.6 Å². The van der Waals surface area contributed by atoms with Gasteiger partial charge in [-0.25, -0.2) is 9.13 Å². The fourth-order valence-corrected chi connectivity index (χ4v) is 6.71. The summed E-state index contributed by atoms with van der Waals surface area (Å²) in [6.07, 6.45) is 16.2. The van der Waals surface area contributed by atoms with E-state index in [-0.39, 0.29) is 13.2 Å². The summed E-state index contributed by atoms with van der Waals surface area (Å²) in [4.78, 5) is 18.8. The summed E-state index contributed by atoms with van der Waals surface area (Å²) in [7, 11) is -9.84. The number of phosphoric acid groups is 2. The Kier molecular flexibility index (Phi) is 19.5. The van der Waals surface area contributed by atoms with Crippen molar-refractivity contribution in [2.75, 3.05) is 26.4 Å². The highest BCUT2D eigenvalue weighted by atomic mass is 31.3. The summed E-state index contributed by atoms with van der Waals surface area (Å²) in [5.41, 5.74) is 8.09. The molecular formula is C40H56O9P2. The third-order valence-corrected chi connectivity index (χ3v) is 9.78. The van der Waals surface area contributed by atoms with Crippen molar-refractivity contribution in [3.8, 4) is 11.5 Å². The van der Waals surface area contributed by atoms with Gasteiger partial charge in [0, 0.05) is 0 Å². The van der Waals surface area contributed by atoms with Gasteiger partial charge in [0.15, 0.2) is 0 Å². The van der Waals surface area contributed by atoms with E-state index in [2.05, 4.69) is 70.2 Å². The number of benzene rings is 2. The van der Waals surface area contributed by atoms with Gasteiger partial charge in [-0.2, -0.15) is 4.31 Å². The average Bonchev–Trinajstić information content (AvgIpc) is 3.03. The highest BCUT2D eigenvalue weighted by Crippen LogP contribution is 2.61. The summed E-state index contributed by atoms with van der Waals surface area (Å²) in [5, 5.41) is 0. The molecule has 0 heterocycles. The maximum atomic E-state index is 13.2. The van der Waals surface area contributed by atoms with Crippen LogP contribution in [0.5, 0.6) is 11.5 Å². The molecule has 0 bridgehead atoms. The van der Waals surface area contributed by atoms with Crippen molar-refractivity contribution in [3.63, 3.8) is 0 Å². The van der Waals surface area contributed by atoms with Crippen molar-refractivity contribution in [2.45, 2.75) is 81.1 Å². The van der Waals surface area contributed by atoms with Crippen LogP contribution in [0.3, 0.4) is 0 Å². The first-order valence-electron chi connectivity index (χ1n) is 17.1. The molecule has 0 saturated carbocycles. The second-order valence-corrected chi connectivity index (χ2v) is 16.1. The first kappa shape index (κ1) is 43.9. The zero-order valence-corrected chi connectivity index (χ0v) is 33.2. The van der Waals surface area contributed by atoms with Gasteiger partial charge in [0.25, 0.3) is 0 Å². The Morgan fingerprint density at radius 2 is 0.941 bits per heavy atom. The third-order valence-electron chi connectivity index (χ3n) is 7.24. The second-order valence-electron chi connectivity index (χ2n) is 13.0. The minimum atomic E-state index is -5.20. The number of allylic oxidation sites excluding steroid dienone is 6. The molecule has 2 aromatic rings. The Hall–Kier alpha value is -3.26. The average molecular weight is 743 g/mol. The van der Waals surface area contributed by atoms with Crippen molar-refractivity contribution in [1.82, 2.24) is 0 Å². The molecule has 0 aromatic heterocycles. The van der Waals surface area contributed by atoms with Crippen LogP contribution in [0.2, 0.25) is 0 Å². The van der Waals surface area contributed by atoms with Crippen molar-refractivity contribution < 1.29 is 41.7 Å². The van der Waals surface area contributed by atoms with E-state index in [0.29, 0.717) is 24.4 Å². The van der Waals surface area contributed by atoms with Crippen LogP contribution in [0.15, 0.2) is 106 Å². The van der Waals surface area contributed by atoms with E-state index >= 15 is 0 Å². The van der Waals surface area contributed by atoms with Gasteiger partial charge in [-0.1, -0.05) is 70.9 Å². The van der Waals surface area contributed by atoms with Gasteiger partial charge in [0.2, 0.25) is 0 Å². The molecule has 0 unspecified atom stereocenters. The quantitative estimate of drug-likeness (QED) is 0.0897. The zero-order valence-electron chi connectivity index (χ0n) is 31.4. The van der Waals surface area contributed by atoms with E-state index in [1.54, 1.807) is 26.0 Å². The SMILES string of the molecule is CC(C)=CCC/C(C)=C/COc1ccc(/C=C(/C)COP(=O)(OC/C(C)=C\c2ccc(OC/C=C(\C)CCC=C(C)C)cc2)OP(=O)(O)O)cc1. The van der Waals surface area contributed by atoms with E-state index in [4.69, 9.17) is 18.5 Å². The number of hydrogen-bond acceptors (Lipinski definition) is 7. The molecule has 2 N–H and O–H groups in total. The molecule has 0 fully saturated rings. The predicted octanol–water partition coefficient (Wildman–Crippen LogP) is 11.6. The first-order valence-corrected chi connectivity index (χ1v) is 20.0. The minimum Gasteiger partial charge on any atom is -0.490 e. The summed E-state index contributed by atoms with van der Waals surface area (Å²) in [6, 6.07) is 14.9. The van der Waals surface area contributed by atoms with Crippen LogP contribution in [-0.2, 0) is 22.5 Å². The van der Waals surface area contributed by atoms with Gasteiger partial charge in [-0.3, -0.25) is 9.05 Å². The number of ether oxygens (including phenoxy) is 2. The lowest BCUT2D eigenvalue weighted by Gasteiger charge is -2.18. The highest BCUT2D eigenvalue weighted by Gasteiger charge is 2.36. The normalized spacial score (nSPS) is 14.2. The van der Waals surface area contributed by atoms with Crippen LogP contribution in [-0.4, -0.2) is 36.2 Å². The number of rotatable bonds is 22. The summed E-state index contributed by atoms with van der Waals surface area (Å²) in [5.74, 6) is 1.44. The predicted molar refractivity (Wildman–Crippen MR) is 209 cm³/mol. The lowest BCUT2D eigenvalue weighted by molar-refractivity contribution is 0.156. The molecule has 0 spiro atoms. The monoisotopic (exact) mass is 742 g/mol. The second kappa shape index (κ2) is 22.6. The lowest BCUT2D eigenvalue weighted by Crippen LogP contribution is -2.03. The van der Waals surface area contributed by atoms with E-state index in [1.165, 1.54) is 22.3 Å². The molecule has 0 atom stereocenters. The lowest BCUT2D eigenvalue weighted by atomic mass is 10.1. The Bertz CT molecular complexity index is 1540. The maximum absolute atomic E-state index is 13.2. The number of hydrogen-bond donors (Lipinski definition) is 2. The fraction of sp³-hybridized carbons (Fsp3) is 0.400. The number of phosphoric ester groups is 1. The van der Waals surface area contributed by atoms with Crippen LogP contribution in [0, 0.1) is 0 Å². The Balaban J connectivity index is 1.92. The molecule has 9 nitrogen and oxygen atoms in total. The zero-order chi connectivity index (χ0) is 37.9. The van der Waals surface area contributed by atoms with Crippen molar-refractivity contribution >= 4 is 27.8 Å². The molecule has 280 valence electrons. The van der Waals surface area contributed by atoms with E-state index < -0.39 is 15.6 Å². The van der Waals surface area contributed by atoms with Crippen LogP contribution in [0.1, 0.15) is 92.2 Å². The summed E-state index contributed by atoms with van der Waals surface area (Å²) < 4.78 is 51.7. The molecule has 0 aliphatic carbocycles. The van der Waals surface area contributed by atoms with Gasteiger partial charge in [0.1, 0.15) is 24.7 Å². The summed E-state index contributed by atoms with van der Waals surface area (Å²) in [6.45, 7) is 16.5. The van der Waals surface area contributed by atoms with Gasteiger partial charge < -0.3 is 19.3 Å². The first-order chi connectivity index (χ1) is 24.0. The van der Waals surface area contributed by atoms with Gasteiger partial charge >= 0.3 is 15.6 Å². The molecule has 51 heavy (non-hydrogen) atoms. The fourth-order valence-electron chi connectivity index (χ4n) is 4.49. The van der Waals surface area contributed by atoms with Gasteiger partial charge in [-0.15, -0.1) is 0 Å². The molecule has 2 aromatic carbocycles. The van der Waals surface area contributed by atoms with Crippen LogP contribution < -0.4 is 9.47 Å². The van der Waals surface area contributed by atoms with Gasteiger partial charge in [-0.05, 0) is 140 Å². The largest absolute Gasteiger partial charge is 0.490 e. The maximum Gasteiger partial charge on any atom is 0.484 e. The van der Waals surface area contributed by atoms with E-state index in [9.17, 15) is 18.9 Å². The van der Waals surface area contributed by atoms with E-state index in [0.717, 1.165) is 48.3 Å². The molecule has 0 saturated heterocycles. The highest BCUT2D eigenvalue weighted by molar-refractivity contribution is 7.61. The van der Waals surface area contributed by atoms with Crippen LogP contribution in [0.4, 0.5) is 0 Å². The molecule has 0 radical (unpaired) electrons. The molecular weight excluding hydrogens is 686 g/mol. The van der Waals surface area contributed by atoms with Crippen molar-refractivity contribution in [2.24, 2.45) is 0 Å². The molecule has 0 amide bonds. The van der Waals surface area contributed by atoms with Crippen molar-refractivity contribution in [3.05, 3.63) is 117 Å². The van der Waals surface area contributed by atoms with Crippen LogP contribution in [0.25, 0.3) is 12.2 Å². The van der Waals surface area contributed by atoms with Gasteiger partial charge in [0.05, 0.1) is 13.2 Å². The Morgan fingerprint density at radius 3 is 1.27 bits per heavy atom. The van der Waals surface area contributed by atoms with Crippen molar-refractivity contribution in [1.29, 1.82) is 0 Å². The summed E-state index contributed by atoms with van der Waals surface area (Å²) >= 11 is 0. The topological polar surface area (TPSA) is 121 Å². The molecule has 0 aliphatic heterocycles. The Morgan fingerprint density at radius 1 is 0.569 bits per heavy atom. The Labute approximate surface area is 305 Å². The molecule has 0 aliphatic rings. The molecule has 2 rings (SSSR count). The standard InChI is InChI=1S/C40H56O9P2/c1-31(2)11-9-13-33(5)23-25-45-39-19-15-37(16-20-39)27-35(7)29-47-51(44,49-50(41,42)43)48-30-36(8)28-38-17-21-40(22-18-38)46-26-24-34(6)14-10-12-32(3)4/h11-12,15-24,27-28H,9-10,13-14,25-26,29-30H2,1-8H3,(H2,41,42,43)/b33-23+,34-24+,35-27-,36-28-. The smallest absolute Gasteiger partial charge is 0.484 e. The minimum absolute atomic E-state index is 0.249. The molecule has 11 heteroatoms. The van der Waals surface area contributed by atoms with E-state index in [1.807, 2.05) is 48.5 Å². The third kappa shape index (κ3) is 21.0.